The molecule has 5 nitrogen and oxygen atoms in total. The van der Waals surface area contributed by atoms with Gasteiger partial charge in [-0.25, -0.2) is 4.39 Å². The number of fused-ring (bicyclic) bond motifs is 1. The van der Waals surface area contributed by atoms with Gasteiger partial charge in [-0.1, -0.05) is 42.5 Å². The van der Waals surface area contributed by atoms with Crippen LogP contribution in [0.25, 0.3) is 22.2 Å². The normalized spacial score (nSPS) is 13.1. The van der Waals surface area contributed by atoms with E-state index >= 15 is 0 Å². The maximum absolute atomic E-state index is 14.0. The molecule has 0 unspecified atom stereocenters. The second kappa shape index (κ2) is 9.74. The van der Waals surface area contributed by atoms with Gasteiger partial charge < -0.3 is 15.2 Å². The summed E-state index contributed by atoms with van der Waals surface area (Å²) in [4.78, 5) is 30.2. The van der Waals surface area contributed by atoms with Crippen LogP contribution in [0.5, 0.6) is 0 Å². The van der Waals surface area contributed by atoms with Crippen molar-refractivity contribution in [1.29, 1.82) is 0 Å². The molecular weight excluding hydrogens is 441 g/mol. The zero-order valence-electron chi connectivity index (χ0n) is 19.7. The predicted octanol–water partition coefficient (Wildman–Crippen LogP) is 5.46. The largest absolute Gasteiger partial charge is 0.354 e. The first-order valence-corrected chi connectivity index (χ1v) is 12.0. The van der Waals surface area contributed by atoms with E-state index < -0.39 is 0 Å². The Morgan fingerprint density at radius 3 is 2.49 bits per heavy atom. The fourth-order valence-corrected chi connectivity index (χ4v) is 4.37. The molecule has 178 valence electrons. The molecule has 0 atom stereocenters. The van der Waals surface area contributed by atoms with Crippen LogP contribution in [0.1, 0.15) is 40.7 Å². The summed E-state index contributed by atoms with van der Waals surface area (Å²) in [7, 11) is 1.78. The summed E-state index contributed by atoms with van der Waals surface area (Å²) in [6, 6.07) is 22.3. The number of carbonyl (C=O) groups excluding carboxylic acids is 2. The molecule has 35 heavy (non-hydrogen) atoms. The van der Waals surface area contributed by atoms with E-state index in [-0.39, 0.29) is 17.6 Å². The SMILES string of the molecule is CN(Cc1ccc(C(=O)NC2CC2)cc1)C(=O)CCc1c(-c2ccccc2)[nH]c2ccc(F)cc12. The molecule has 2 amide bonds. The maximum atomic E-state index is 14.0. The van der Waals surface area contributed by atoms with E-state index in [9.17, 15) is 14.0 Å². The average molecular weight is 470 g/mol. The van der Waals surface area contributed by atoms with Gasteiger partial charge in [0.25, 0.3) is 5.91 Å². The van der Waals surface area contributed by atoms with Crippen molar-refractivity contribution < 1.29 is 14.0 Å². The van der Waals surface area contributed by atoms with Crippen LogP contribution in [0.15, 0.2) is 72.8 Å². The number of carbonyl (C=O) groups is 2. The van der Waals surface area contributed by atoms with Crippen LogP contribution in [-0.4, -0.2) is 34.8 Å². The molecule has 1 heterocycles. The molecule has 5 rings (SSSR count). The summed E-state index contributed by atoms with van der Waals surface area (Å²) in [5.74, 6) is -0.340. The van der Waals surface area contributed by atoms with Gasteiger partial charge in [0.15, 0.2) is 0 Å². The molecule has 2 N–H and O–H groups in total. The first-order valence-electron chi connectivity index (χ1n) is 12.0. The smallest absolute Gasteiger partial charge is 0.251 e. The number of nitrogens with zero attached hydrogens (tertiary/aromatic N) is 1. The van der Waals surface area contributed by atoms with Gasteiger partial charge in [-0.15, -0.1) is 0 Å². The monoisotopic (exact) mass is 469 g/mol. The topological polar surface area (TPSA) is 65.2 Å². The Kier molecular flexibility index (Phi) is 6.36. The lowest BCUT2D eigenvalue weighted by molar-refractivity contribution is -0.130. The highest BCUT2D eigenvalue weighted by molar-refractivity contribution is 5.94. The maximum Gasteiger partial charge on any atom is 0.251 e. The number of benzene rings is 3. The van der Waals surface area contributed by atoms with Gasteiger partial charge in [-0.05, 0) is 66.3 Å². The van der Waals surface area contributed by atoms with Gasteiger partial charge in [-0.2, -0.15) is 0 Å². The lowest BCUT2D eigenvalue weighted by atomic mass is 10.0. The van der Waals surface area contributed by atoms with Gasteiger partial charge in [0.05, 0.1) is 0 Å². The van der Waals surface area contributed by atoms with Crippen LogP contribution in [0.3, 0.4) is 0 Å². The molecule has 1 saturated carbocycles. The molecule has 1 fully saturated rings. The van der Waals surface area contributed by atoms with E-state index in [0.29, 0.717) is 31.0 Å². The number of nitrogens with one attached hydrogen (secondary N) is 2. The number of H-pyrrole nitrogens is 1. The summed E-state index contributed by atoms with van der Waals surface area (Å²) < 4.78 is 14.0. The van der Waals surface area contributed by atoms with Crippen molar-refractivity contribution in [3.05, 3.63) is 95.3 Å². The molecule has 0 spiro atoms. The fourth-order valence-electron chi connectivity index (χ4n) is 4.37. The van der Waals surface area contributed by atoms with E-state index in [1.54, 1.807) is 30.1 Å². The number of amides is 2. The quantitative estimate of drug-likeness (QED) is 0.360. The second-order valence-corrected chi connectivity index (χ2v) is 9.23. The molecule has 0 aliphatic heterocycles. The molecule has 3 aromatic carbocycles. The number of hydrogen-bond donors (Lipinski definition) is 2. The molecule has 0 saturated heterocycles. The summed E-state index contributed by atoms with van der Waals surface area (Å²) in [6.07, 6.45) is 2.91. The number of aromatic amines is 1. The Morgan fingerprint density at radius 2 is 1.77 bits per heavy atom. The van der Waals surface area contributed by atoms with Gasteiger partial charge in [0.2, 0.25) is 5.91 Å². The average Bonchev–Trinajstić information content (AvgIpc) is 3.62. The first-order chi connectivity index (χ1) is 17.0. The number of hydrogen-bond acceptors (Lipinski definition) is 2. The standard InChI is InChI=1S/C29H28FN3O2/c1-33(18-19-7-9-21(10-8-19)29(35)31-23-12-13-23)27(34)16-14-24-25-17-22(30)11-15-26(25)32-28(24)20-5-3-2-4-6-20/h2-11,15,17,23,32H,12-14,16,18H2,1H3,(H,31,35). The Morgan fingerprint density at radius 1 is 1.03 bits per heavy atom. The summed E-state index contributed by atoms with van der Waals surface area (Å²) in [5.41, 5.74) is 5.32. The van der Waals surface area contributed by atoms with Crippen LogP contribution in [0.2, 0.25) is 0 Å². The third-order valence-corrected chi connectivity index (χ3v) is 6.49. The summed E-state index contributed by atoms with van der Waals surface area (Å²) in [5, 5.41) is 3.79. The van der Waals surface area contributed by atoms with Crippen LogP contribution in [0.4, 0.5) is 4.39 Å². The van der Waals surface area contributed by atoms with Gasteiger partial charge in [0.1, 0.15) is 5.82 Å². The molecule has 6 heteroatoms. The van der Waals surface area contributed by atoms with Crippen molar-refractivity contribution in [3.63, 3.8) is 0 Å². The lowest BCUT2D eigenvalue weighted by Crippen LogP contribution is -2.27. The minimum atomic E-state index is -0.296. The van der Waals surface area contributed by atoms with Gasteiger partial charge in [-0.3, -0.25) is 9.59 Å². The van der Waals surface area contributed by atoms with Crippen LogP contribution >= 0.6 is 0 Å². The van der Waals surface area contributed by atoms with Crippen molar-refractivity contribution in [2.45, 2.75) is 38.3 Å². The third kappa shape index (κ3) is 5.27. The zero-order chi connectivity index (χ0) is 24.4. The number of aryl methyl sites for hydroxylation is 1. The number of aromatic nitrogens is 1. The molecule has 0 radical (unpaired) electrons. The number of halogens is 1. The van der Waals surface area contributed by atoms with Crippen LogP contribution < -0.4 is 5.32 Å². The highest BCUT2D eigenvalue weighted by Gasteiger charge is 2.23. The van der Waals surface area contributed by atoms with Crippen molar-refractivity contribution in [2.24, 2.45) is 0 Å². The predicted molar refractivity (Wildman–Crippen MR) is 135 cm³/mol. The van der Waals surface area contributed by atoms with Crippen molar-refractivity contribution >= 4 is 22.7 Å². The molecule has 1 aliphatic carbocycles. The van der Waals surface area contributed by atoms with E-state index in [4.69, 9.17) is 0 Å². The Labute approximate surface area is 204 Å². The van der Waals surface area contributed by atoms with E-state index in [0.717, 1.165) is 46.1 Å². The summed E-state index contributed by atoms with van der Waals surface area (Å²) in [6.45, 7) is 0.456. The molecule has 0 bridgehead atoms. The second-order valence-electron chi connectivity index (χ2n) is 9.23. The van der Waals surface area contributed by atoms with Gasteiger partial charge in [0, 0.05) is 48.2 Å². The van der Waals surface area contributed by atoms with E-state index in [1.165, 1.54) is 12.1 Å². The van der Waals surface area contributed by atoms with Crippen molar-refractivity contribution in [1.82, 2.24) is 15.2 Å². The third-order valence-electron chi connectivity index (χ3n) is 6.49. The van der Waals surface area contributed by atoms with Crippen molar-refractivity contribution in [3.8, 4) is 11.3 Å². The Balaban J connectivity index is 1.27. The summed E-state index contributed by atoms with van der Waals surface area (Å²) >= 11 is 0. The Bertz CT molecular complexity index is 1360. The molecule has 1 aromatic heterocycles. The highest BCUT2D eigenvalue weighted by Crippen LogP contribution is 2.32. The lowest BCUT2D eigenvalue weighted by Gasteiger charge is -2.18. The van der Waals surface area contributed by atoms with E-state index in [1.807, 2.05) is 42.5 Å². The Hall–Kier alpha value is -3.93. The molecule has 1 aliphatic rings. The minimum absolute atomic E-state index is 0.00492. The fraction of sp³-hybridized carbons (Fsp3) is 0.241. The first kappa shape index (κ1) is 22.8. The highest BCUT2D eigenvalue weighted by atomic mass is 19.1. The van der Waals surface area contributed by atoms with Gasteiger partial charge >= 0.3 is 0 Å². The minimum Gasteiger partial charge on any atom is -0.354 e. The zero-order valence-corrected chi connectivity index (χ0v) is 19.7. The van der Waals surface area contributed by atoms with Crippen LogP contribution in [0, 0.1) is 5.82 Å². The number of rotatable bonds is 8. The van der Waals surface area contributed by atoms with E-state index in [2.05, 4.69) is 10.3 Å². The van der Waals surface area contributed by atoms with Crippen molar-refractivity contribution in [2.75, 3.05) is 7.05 Å². The van der Waals surface area contributed by atoms with Crippen LogP contribution in [-0.2, 0) is 17.8 Å². The molecular formula is C29H28FN3O2. The molecule has 4 aromatic rings.